The van der Waals surface area contributed by atoms with Crippen LogP contribution in [-0.4, -0.2) is 59.0 Å². The molecule has 0 bridgehead atoms. The van der Waals surface area contributed by atoms with E-state index in [9.17, 15) is 14.7 Å². The number of aliphatic hydroxyl groups excluding tert-OH is 1. The highest BCUT2D eigenvalue weighted by Crippen LogP contribution is 2.28. The van der Waals surface area contributed by atoms with E-state index in [2.05, 4.69) is 13.8 Å². The molecule has 2 heterocycles. The molecule has 5 nitrogen and oxygen atoms in total. The summed E-state index contributed by atoms with van der Waals surface area (Å²) in [5.41, 5.74) is -0.0719. The predicted molar refractivity (Wildman–Crippen MR) is 76.0 cm³/mol. The first-order valence-electron chi connectivity index (χ1n) is 7.61. The van der Waals surface area contributed by atoms with E-state index in [0.717, 1.165) is 19.3 Å². The molecule has 2 rings (SSSR count). The standard InChI is InChI=1S/C15H26N2O3/c1-15(2)9-12(18)6-8-17(11-15)14(20)10-16-7-4-3-5-13(16)19/h12,18H,3-11H2,1-2H3. The van der Waals surface area contributed by atoms with Crippen molar-refractivity contribution >= 4 is 11.8 Å². The minimum absolute atomic E-state index is 0.0161. The topological polar surface area (TPSA) is 60.9 Å². The van der Waals surface area contributed by atoms with Crippen molar-refractivity contribution in [1.29, 1.82) is 0 Å². The third-order valence-corrected chi connectivity index (χ3v) is 4.24. The average Bonchev–Trinajstić information content (AvgIpc) is 2.49. The Kier molecular flexibility index (Phi) is 4.68. The van der Waals surface area contributed by atoms with Gasteiger partial charge < -0.3 is 14.9 Å². The van der Waals surface area contributed by atoms with Crippen LogP contribution >= 0.6 is 0 Å². The minimum atomic E-state index is -0.334. The largest absolute Gasteiger partial charge is 0.393 e. The van der Waals surface area contributed by atoms with Crippen LogP contribution in [0.3, 0.4) is 0 Å². The maximum Gasteiger partial charge on any atom is 0.242 e. The monoisotopic (exact) mass is 282 g/mol. The van der Waals surface area contributed by atoms with E-state index in [4.69, 9.17) is 0 Å². The quantitative estimate of drug-likeness (QED) is 0.822. The zero-order chi connectivity index (χ0) is 14.8. The van der Waals surface area contributed by atoms with Gasteiger partial charge in [0.2, 0.25) is 11.8 Å². The fourth-order valence-corrected chi connectivity index (χ4v) is 3.21. The number of rotatable bonds is 2. The lowest BCUT2D eigenvalue weighted by Crippen LogP contribution is -2.46. The zero-order valence-corrected chi connectivity index (χ0v) is 12.6. The van der Waals surface area contributed by atoms with Crippen molar-refractivity contribution in [2.45, 2.75) is 52.1 Å². The Balaban J connectivity index is 1.95. The van der Waals surface area contributed by atoms with Gasteiger partial charge in [0, 0.05) is 26.1 Å². The van der Waals surface area contributed by atoms with E-state index in [1.807, 2.05) is 4.90 Å². The number of hydrogen-bond acceptors (Lipinski definition) is 3. The van der Waals surface area contributed by atoms with Gasteiger partial charge in [-0.05, 0) is 31.1 Å². The molecule has 2 aliphatic heterocycles. The lowest BCUT2D eigenvalue weighted by Gasteiger charge is -2.32. The Bertz CT molecular complexity index is 381. The average molecular weight is 282 g/mol. The number of amides is 2. The van der Waals surface area contributed by atoms with E-state index in [-0.39, 0.29) is 29.9 Å². The van der Waals surface area contributed by atoms with Gasteiger partial charge >= 0.3 is 0 Å². The van der Waals surface area contributed by atoms with Crippen LogP contribution in [0.5, 0.6) is 0 Å². The first-order valence-corrected chi connectivity index (χ1v) is 7.61. The zero-order valence-electron chi connectivity index (χ0n) is 12.6. The molecular weight excluding hydrogens is 256 g/mol. The van der Waals surface area contributed by atoms with Crippen LogP contribution in [0.4, 0.5) is 0 Å². The molecule has 114 valence electrons. The maximum absolute atomic E-state index is 12.4. The summed E-state index contributed by atoms with van der Waals surface area (Å²) in [5, 5.41) is 9.89. The molecule has 1 atom stereocenters. The molecule has 5 heteroatoms. The highest BCUT2D eigenvalue weighted by atomic mass is 16.3. The molecule has 0 radical (unpaired) electrons. The Hall–Kier alpha value is -1.10. The summed E-state index contributed by atoms with van der Waals surface area (Å²) < 4.78 is 0. The van der Waals surface area contributed by atoms with Crippen LogP contribution in [-0.2, 0) is 9.59 Å². The summed E-state index contributed by atoms with van der Waals surface area (Å²) in [6.45, 7) is 6.30. The van der Waals surface area contributed by atoms with Crippen molar-refractivity contribution in [1.82, 2.24) is 9.80 Å². The Labute approximate surface area is 120 Å². The molecule has 0 aromatic heterocycles. The molecule has 0 saturated carbocycles. The third-order valence-electron chi connectivity index (χ3n) is 4.24. The lowest BCUT2D eigenvalue weighted by molar-refractivity contribution is -0.142. The molecule has 1 unspecified atom stereocenters. The molecule has 0 spiro atoms. The number of hydrogen-bond donors (Lipinski definition) is 1. The second-order valence-electron chi connectivity index (χ2n) is 6.90. The van der Waals surface area contributed by atoms with Gasteiger partial charge in [-0.1, -0.05) is 13.8 Å². The predicted octanol–water partition coefficient (Wildman–Crippen LogP) is 1.01. The van der Waals surface area contributed by atoms with E-state index in [1.165, 1.54) is 0 Å². The summed E-state index contributed by atoms with van der Waals surface area (Å²) >= 11 is 0. The van der Waals surface area contributed by atoms with Gasteiger partial charge in [0.25, 0.3) is 0 Å². The fraction of sp³-hybridized carbons (Fsp3) is 0.867. The molecule has 2 fully saturated rings. The number of aliphatic hydroxyl groups is 1. The lowest BCUT2D eigenvalue weighted by atomic mass is 9.87. The van der Waals surface area contributed by atoms with E-state index in [1.54, 1.807) is 4.90 Å². The van der Waals surface area contributed by atoms with Crippen LogP contribution in [0.1, 0.15) is 46.0 Å². The Morgan fingerprint density at radius 1 is 1.35 bits per heavy atom. The molecule has 20 heavy (non-hydrogen) atoms. The molecule has 2 amide bonds. The van der Waals surface area contributed by atoms with Crippen molar-refractivity contribution < 1.29 is 14.7 Å². The van der Waals surface area contributed by atoms with Gasteiger partial charge in [-0.2, -0.15) is 0 Å². The molecule has 0 aromatic carbocycles. The van der Waals surface area contributed by atoms with Crippen LogP contribution < -0.4 is 0 Å². The number of likely N-dealkylation sites (tertiary alicyclic amines) is 2. The summed E-state index contributed by atoms with van der Waals surface area (Å²) in [5.74, 6) is 0.112. The van der Waals surface area contributed by atoms with E-state index < -0.39 is 0 Å². The van der Waals surface area contributed by atoms with Crippen molar-refractivity contribution in [3.05, 3.63) is 0 Å². The van der Waals surface area contributed by atoms with Crippen molar-refractivity contribution in [3.63, 3.8) is 0 Å². The van der Waals surface area contributed by atoms with Gasteiger partial charge in [-0.3, -0.25) is 9.59 Å². The van der Waals surface area contributed by atoms with Crippen molar-refractivity contribution in [2.24, 2.45) is 5.41 Å². The number of nitrogens with zero attached hydrogens (tertiary/aromatic N) is 2. The van der Waals surface area contributed by atoms with Crippen LogP contribution in [0.2, 0.25) is 0 Å². The SMILES string of the molecule is CC1(C)CC(O)CCN(C(=O)CN2CCCCC2=O)C1. The second-order valence-corrected chi connectivity index (χ2v) is 6.90. The van der Waals surface area contributed by atoms with Gasteiger partial charge in [0.15, 0.2) is 0 Å². The van der Waals surface area contributed by atoms with Crippen molar-refractivity contribution in [3.8, 4) is 0 Å². The Morgan fingerprint density at radius 2 is 2.10 bits per heavy atom. The molecule has 1 N–H and O–H groups in total. The highest BCUT2D eigenvalue weighted by molar-refractivity contribution is 5.85. The first kappa shape index (κ1) is 15.3. The highest BCUT2D eigenvalue weighted by Gasteiger charge is 2.32. The second kappa shape index (κ2) is 6.12. The van der Waals surface area contributed by atoms with Crippen LogP contribution in [0, 0.1) is 5.41 Å². The molecule has 0 aliphatic carbocycles. The Morgan fingerprint density at radius 3 is 2.80 bits per heavy atom. The maximum atomic E-state index is 12.4. The summed E-state index contributed by atoms with van der Waals surface area (Å²) in [6.07, 6.45) is 3.51. The summed E-state index contributed by atoms with van der Waals surface area (Å²) in [7, 11) is 0. The minimum Gasteiger partial charge on any atom is -0.393 e. The van der Waals surface area contributed by atoms with Gasteiger partial charge in [0.1, 0.15) is 0 Å². The van der Waals surface area contributed by atoms with Crippen LogP contribution in [0.25, 0.3) is 0 Å². The third kappa shape index (κ3) is 3.95. The summed E-state index contributed by atoms with van der Waals surface area (Å²) in [4.78, 5) is 27.7. The molecule has 2 saturated heterocycles. The molecule has 0 aromatic rings. The van der Waals surface area contributed by atoms with Gasteiger partial charge in [0.05, 0.1) is 12.6 Å². The van der Waals surface area contributed by atoms with Crippen LogP contribution in [0.15, 0.2) is 0 Å². The normalized spacial score (nSPS) is 27.4. The number of carbonyl (C=O) groups excluding carboxylic acids is 2. The number of carbonyl (C=O) groups is 2. The first-order chi connectivity index (χ1) is 9.37. The fourth-order valence-electron chi connectivity index (χ4n) is 3.21. The van der Waals surface area contributed by atoms with Crippen molar-refractivity contribution in [2.75, 3.05) is 26.2 Å². The molecular formula is C15H26N2O3. The smallest absolute Gasteiger partial charge is 0.242 e. The van der Waals surface area contributed by atoms with E-state index in [0.29, 0.717) is 32.5 Å². The van der Waals surface area contributed by atoms with E-state index >= 15 is 0 Å². The van der Waals surface area contributed by atoms with Gasteiger partial charge in [-0.25, -0.2) is 0 Å². The molecule has 2 aliphatic rings. The number of piperidine rings is 1. The van der Waals surface area contributed by atoms with Gasteiger partial charge in [-0.15, -0.1) is 0 Å². The summed E-state index contributed by atoms with van der Waals surface area (Å²) in [6, 6.07) is 0.